The summed E-state index contributed by atoms with van der Waals surface area (Å²) in [5.41, 5.74) is 2.41. The zero-order chi connectivity index (χ0) is 22.7. The minimum absolute atomic E-state index is 0.0396. The number of ether oxygens (including phenoxy) is 1. The van der Waals surface area contributed by atoms with Gasteiger partial charge in [0.15, 0.2) is 0 Å². The van der Waals surface area contributed by atoms with Gasteiger partial charge in [0.1, 0.15) is 22.5 Å². The Morgan fingerprint density at radius 3 is 2.50 bits per heavy atom. The molecule has 2 aromatic rings. The molecule has 9 heteroatoms. The van der Waals surface area contributed by atoms with E-state index >= 15 is 0 Å². The van der Waals surface area contributed by atoms with Crippen molar-refractivity contribution in [3.05, 3.63) is 46.2 Å². The van der Waals surface area contributed by atoms with Crippen LogP contribution in [0.5, 0.6) is 5.75 Å². The highest BCUT2D eigenvalue weighted by molar-refractivity contribution is 7.11. The summed E-state index contributed by atoms with van der Waals surface area (Å²) >= 11 is 1.35. The van der Waals surface area contributed by atoms with Gasteiger partial charge in [-0.3, -0.25) is 9.59 Å². The molecule has 0 spiro atoms. The van der Waals surface area contributed by atoms with Crippen LogP contribution in [0.15, 0.2) is 29.8 Å². The number of piperidine rings is 1. The Morgan fingerprint density at radius 2 is 1.84 bits per heavy atom. The van der Waals surface area contributed by atoms with E-state index in [1.54, 1.807) is 17.6 Å². The highest BCUT2D eigenvalue weighted by atomic mass is 32.1. The molecule has 2 saturated heterocycles. The predicted octanol–water partition coefficient (Wildman–Crippen LogP) is 2.66. The molecule has 1 aromatic heterocycles. The molecule has 2 aliphatic heterocycles. The average molecular weight is 461 g/mol. The third kappa shape index (κ3) is 5.27. The van der Waals surface area contributed by atoms with Gasteiger partial charge in [0.25, 0.3) is 5.91 Å². The Kier molecular flexibility index (Phi) is 7.05. The predicted molar refractivity (Wildman–Crippen MR) is 120 cm³/mol. The second-order valence-electron chi connectivity index (χ2n) is 8.57. The molecule has 4 rings (SSSR count). The first-order valence-corrected chi connectivity index (χ1v) is 11.9. The summed E-state index contributed by atoms with van der Waals surface area (Å²) in [7, 11) is 2.06. The summed E-state index contributed by atoms with van der Waals surface area (Å²) in [5, 5.41) is 0. The topological polar surface area (TPSA) is 66.0 Å². The van der Waals surface area contributed by atoms with E-state index in [0.29, 0.717) is 49.6 Å². The smallest absolute Gasteiger partial charge is 0.265 e. The SMILES string of the molecule is Cc1ncsc1C(=O)N1CC[C@H](Oc2ccc(F)cc2)[C@@H](CC(=O)N2CCN(C)CC2)C1. The van der Waals surface area contributed by atoms with Crippen molar-refractivity contribution in [2.24, 2.45) is 5.92 Å². The highest BCUT2D eigenvalue weighted by Crippen LogP contribution is 2.28. The molecular weight excluding hydrogens is 431 g/mol. The van der Waals surface area contributed by atoms with Crippen molar-refractivity contribution in [2.75, 3.05) is 46.3 Å². The van der Waals surface area contributed by atoms with Crippen molar-refractivity contribution in [2.45, 2.75) is 25.9 Å². The van der Waals surface area contributed by atoms with Crippen molar-refractivity contribution in [3.63, 3.8) is 0 Å². The van der Waals surface area contributed by atoms with E-state index < -0.39 is 0 Å². The fourth-order valence-corrected chi connectivity index (χ4v) is 5.06. The molecule has 2 amide bonds. The number of hydrogen-bond donors (Lipinski definition) is 0. The molecular formula is C23H29FN4O3S. The van der Waals surface area contributed by atoms with Crippen molar-refractivity contribution in [3.8, 4) is 5.75 Å². The normalized spacial score (nSPS) is 22.1. The van der Waals surface area contributed by atoms with Gasteiger partial charge in [-0.25, -0.2) is 9.37 Å². The highest BCUT2D eigenvalue weighted by Gasteiger charge is 2.36. The van der Waals surface area contributed by atoms with Crippen LogP contribution in [-0.2, 0) is 4.79 Å². The van der Waals surface area contributed by atoms with E-state index in [2.05, 4.69) is 16.9 Å². The van der Waals surface area contributed by atoms with E-state index in [1.807, 2.05) is 16.7 Å². The number of benzene rings is 1. The molecule has 0 bridgehead atoms. The van der Waals surface area contributed by atoms with Crippen LogP contribution in [0, 0.1) is 18.7 Å². The standard InChI is InChI=1S/C23H29FN4O3S/c1-16-22(32-15-25-16)23(30)28-8-7-20(31-19-5-3-18(24)4-6-19)17(14-28)13-21(29)27-11-9-26(2)10-12-27/h3-6,15,17,20H,7-14H2,1-2H3/t17-,20-/m0/s1. The number of aromatic nitrogens is 1. The molecule has 32 heavy (non-hydrogen) atoms. The van der Waals surface area contributed by atoms with Crippen molar-refractivity contribution in [1.29, 1.82) is 0 Å². The van der Waals surface area contributed by atoms with Gasteiger partial charge in [-0.05, 0) is 38.2 Å². The number of likely N-dealkylation sites (N-methyl/N-ethyl adjacent to an activating group) is 1. The van der Waals surface area contributed by atoms with Crippen LogP contribution in [0.4, 0.5) is 4.39 Å². The number of rotatable bonds is 5. The average Bonchev–Trinajstić information content (AvgIpc) is 3.22. The zero-order valence-electron chi connectivity index (χ0n) is 18.5. The molecule has 1 aromatic carbocycles. The molecule has 0 N–H and O–H groups in total. The Balaban J connectivity index is 1.48. The first-order chi connectivity index (χ1) is 15.4. The number of nitrogens with zero attached hydrogens (tertiary/aromatic N) is 4. The quantitative estimate of drug-likeness (QED) is 0.687. The molecule has 2 atom stereocenters. The Bertz CT molecular complexity index is 943. The minimum atomic E-state index is -0.320. The molecule has 172 valence electrons. The molecule has 0 radical (unpaired) electrons. The molecule has 0 aliphatic carbocycles. The molecule has 0 unspecified atom stereocenters. The summed E-state index contributed by atoms with van der Waals surface area (Å²) in [6, 6.07) is 5.94. The van der Waals surface area contributed by atoms with Gasteiger partial charge in [0.2, 0.25) is 5.91 Å². The number of likely N-dealkylation sites (tertiary alicyclic amines) is 1. The van der Waals surface area contributed by atoms with E-state index in [-0.39, 0.29) is 29.7 Å². The molecule has 2 aliphatic rings. The van der Waals surface area contributed by atoms with Gasteiger partial charge in [0.05, 0.1) is 11.2 Å². The summed E-state index contributed by atoms with van der Waals surface area (Å²) in [6.07, 6.45) is 0.714. The summed E-state index contributed by atoms with van der Waals surface area (Å²) in [5.74, 6) is 0.172. The van der Waals surface area contributed by atoms with Crippen molar-refractivity contribution < 1.29 is 18.7 Å². The van der Waals surface area contributed by atoms with Gasteiger partial charge in [-0.1, -0.05) is 0 Å². The third-order valence-corrected chi connectivity index (χ3v) is 7.20. The van der Waals surface area contributed by atoms with Crippen molar-refractivity contribution >= 4 is 23.2 Å². The van der Waals surface area contributed by atoms with Crippen LogP contribution in [0.2, 0.25) is 0 Å². The number of amides is 2. The number of hydrogen-bond acceptors (Lipinski definition) is 6. The summed E-state index contributed by atoms with van der Waals surface area (Å²) in [4.78, 5) is 36.9. The van der Waals surface area contributed by atoms with Crippen LogP contribution in [-0.4, -0.2) is 83.9 Å². The summed E-state index contributed by atoms with van der Waals surface area (Å²) in [6.45, 7) is 5.98. The number of piperazine rings is 1. The van der Waals surface area contributed by atoms with E-state index in [9.17, 15) is 14.0 Å². The zero-order valence-corrected chi connectivity index (χ0v) is 19.3. The fourth-order valence-electron chi connectivity index (χ4n) is 4.29. The number of carbonyl (C=O) groups is 2. The lowest BCUT2D eigenvalue weighted by molar-refractivity contribution is -0.135. The number of halogens is 1. The fraction of sp³-hybridized carbons (Fsp3) is 0.522. The summed E-state index contributed by atoms with van der Waals surface area (Å²) < 4.78 is 19.5. The van der Waals surface area contributed by atoms with Crippen LogP contribution < -0.4 is 4.74 Å². The molecule has 3 heterocycles. The molecule has 2 fully saturated rings. The maximum absolute atomic E-state index is 13.3. The second kappa shape index (κ2) is 9.95. The second-order valence-corrected chi connectivity index (χ2v) is 9.42. The van der Waals surface area contributed by atoms with Crippen LogP contribution in [0.25, 0.3) is 0 Å². The van der Waals surface area contributed by atoms with Crippen molar-refractivity contribution in [1.82, 2.24) is 19.7 Å². The van der Waals surface area contributed by atoms with E-state index in [1.165, 1.54) is 23.5 Å². The Hall–Kier alpha value is -2.52. The van der Waals surface area contributed by atoms with Gasteiger partial charge in [-0.2, -0.15) is 0 Å². The van der Waals surface area contributed by atoms with Crippen LogP contribution in [0.1, 0.15) is 28.2 Å². The van der Waals surface area contributed by atoms with Gasteiger partial charge in [-0.15, -0.1) is 11.3 Å². The largest absolute Gasteiger partial charge is 0.490 e. The maximum atomic E-state index is 13.3. The van der Waals surface area contributed by atoms with Gasteiger partial charge in [0, 0.05) is 58.0 Å². The lowest BCUT2D eigenvalue weighted by atomic mass is 9.90. The minimum Gasteiger partial charge on any atom is -0.490 e. The van der Waals surface area contributed by atoms with E-state index in [0.717, 1.165) is 18.8 Å². The number of thiazole rings is 1. The Morgan fingerprint density at radius 1 is 1.12 bits per heavy atom. The first-order valence-electron chi connectivity index (χ1n) is 11.0. The number of aryl methyl sites for hydroxylation is 1. The third-order valence-electron chi connectivity index (χ3n) is 6.29. The van der Waals surface area contributed by atoms with Crippen LogP contribution in [0.3, 0.4) is 0 Å². The monoisotopic (exact) mass is 460 g/mol. The first kappa shape index (κ1) is 22.7. The molecule has 0 saturated carbocycles. The van der Waals surface area contributed by atoms with Gasteiger partial charge < -0.3 is 19.4 Å². The Labute approximate surface area is 191 Å². The lowest BCUT2D eigenvalue weighted by Gasteiger charge is -2.39. The van der Waals surface area contributed by atoms with Crippen LogP contribution >= 0.6 is 11.3 Å². The van der Waals surface area contributed by atoms with E-state index in [4.69, 9.17) is 4.74 Å². The number of carbonyl (C=O) groups excluding carboxylic acids is 2. The van der Waals surface area contributed by atoms with Gasteiger partial charge >= 0.3 is 0 Å². The maximum Gasteiger partial charge on any atom is 0.265 e. The lowest BCUT2D eigenvalue weighted by Crippen LogP contribution is -2.51. The molecule has 7 nitrogen and oxygen atoms in total.